The number of nitrogens with two attached hydrogens (primary N) is 1. The molecule has 3 N–H and O–H groups in total. The van der Waals surface area contributed by atoms with E-state index >= 15 is 0 Å². The maximum atomic E-state index is 12.3. The summed E-state index contributed by atoms with van der Waals surface area (Å²) in [6.07, 6.45) is 4.01. The summed E-state index contributed by atoms with van der Waals surface area (Å²) >= 11 is 0. The van der Waals surface area contributed by atoms with E-state index in [2.05, 4.69) is 15.3 Å². The first-order valence-electron chi connectivity index (χ1n) is 8.27. The zero-order valence-corrected chi connectivity index (χ0v) is 14.6. The number of nitrogens with one attached hydrogen (secondary N) is 1. The van der Waals surface area contributed by atoms with Gasteiger partial charge in [-0.15, -0.1) is 0 Å². The third-order valence-electron chi connectivity index (χ3n) is 5.02. The van der Waals surface area contributed by atoms with Crippen LogP contribution in [0.25, 0.3) is 11.3 Å². The van der Waals surface area contributed by atoms with Crippen LogP contribution in [0.15, 0.2) is 18.3 Å². The van der Waals surface area contributed by atoms with Crippen LogP contribution >= 0.6 is 0 Å². The second-order valence-corrected chi connectivity index (χ2v) is 6.90. The van der Waals surface area contributed by atoms with Crippen molar-refractivity contribution < 1.29 is 9.53 Å². The number of ether oxygens (including phenoxy) is 1. The average Bonchev–Trinajstić information content (AvgIpc) is 3.30. The Bertz CT molecular complexity index is 874. The third-order valence-corrected chi connectivity index (χ3v) is 5.02. The first kappa shape index (κ1) is 15.7. The fourth-order valence-corrected chi connectivity index (χ4v) is 3.44. The number of carbonyl (C=O) groups excluding carboxylic acids is 1. The van der Waals surface area contributed by atoms with E-state index in [1.54, 1.807) is 39.5 Å². The van der Waals surface area contributed by atoms with E-state index in [0.717, 1.165) is 42.1 Å². The van der Waals surface area contributed by atoms with Gasteiger partial charge in [-0.1, -0.05) is 0 Å². The highest BCUT2D eigenvalue weighted by molar-refractivity contribution is 5.97. The van der Waals surface area contributed by atoms with Crippen molar-refractivity contribution in [3.8, 4) is 17.0 Å². The second-order valence-electron chi connectivity index (χ2n) is 6.90. The molecule has 2 aliphatic rings. The van der Waals surface area contributed by atoms with Crippen LogP contribution in [0.5, 0.6) is 5.75 Å². The quantitative estimate of drug-likeness (QED) is 0.887. The summed E-state index contributed by atoms with van der Waals surface area (Å²) in [5.41, 5.74) is 9.24. The zero-order chi connectivity index (χ0) is 17.8. The molecule has 1 aliphatic heterocycles. The minimum atomic E-state index is -0.229. The van der Waals surface area contributed by atoms with Crippen LogP contribution in [0.3, 0.4) is 0 Å². The highest BCUT2D eigenvalue weighted by Crippen LogP contribution is 2.58. The Morgan fingerprint density at radius 2 is 2.12 bits per heavy atom. The lowest BCUT2D eigenvalue weighted by Gasteiger charge is -2.17. The first-order chi connectivity index (χ1) is 12.0. The van der Waals surface area contributed by atoms with Crippen LogP contribution in [-0.4, -0.2) is 48.5 Å². The number of carbonyl (C=O) groups is 1. The predicted octanol–water partition coefficient (Wildman–Crippen LogP) is 1.89. The van der Waals surface area contributed by atoms with Gasteiger partial charge in [-0.3, -0.25) is 4.79 Å². The molecule has 7 nitrogen and oxygen atoms in total. The molecule has 4 rings (SSSR count). The Balaban J connectivity index is 1.86. The molecule has 2 aromatic heterocycles. The number of rotatable bonds is 3. The minimum absolute atomic E-state index is 0.139. The molecule has 0 bridgehead atoms. The van der Waals surface area contributed by atoms with Crippen molar-refractivity contribution in [3.63, 3.8) is 0 Å². The van der Waals surface area contributed by atoms with Crippen LogP contribution in [0.4, 0.5) is 11.5 Å². The number of anilines is 2. The van der Waals surface area contributed by atoms with Crippen LogP contribution in [0.2, 0.25) is 0 Å². The number of fused-ring (bicyclic) bond motifs is 2. The molecule has 7 heteroatoms. The molecule has 1 saturated carbocycles. The number of aromatic nitrogens is 2. The normalized spacial score (nSPS) is 16.3. The smallest absolute Gasteiger partial charge is 0.274 e. The molecule has 0 aromatic carbocycles. The highest BCUT2D eigenvalue weighted by Gasteiger charge is 2.52. The van der Waals surface area contributed by atoms with Gasteiger partial charge < -0.3 is 20.7 Å². The fourth-order valence-electron chi connectivity index (χ4n) is 3.44. The van der Waals surface area contributed by atoms with Gasteiger partial charge in [0, 0.05) is 37.8 Å². The second kappa shape index (κ2) is 5.34. The SMILES string of the molecule is COc1c(-c2ccc(N)c(C(=O)N(C)C)n2)cnc2c1C1(CC1)CN2. The van der Waals surface area contributed by atoms with Crippen LogP contribution < -0.4 is 15.8 Å². The summed E-state index contributed by atoms with van der Waals surface area (Å²) in [6, 6.07) is 3.51. The van der Waals surface area contributed by atoms with Gasteiger partial charge in [0.25, 0.3) is 5.91 Å². The Kier molecular flexibility index (Phi) is 3.35. The number of methoxy groups -OCH3 is 1. The number of nitrogens with zero attached hydrogens (tertiary/aromatic N) is 3. The standard InChI is InChI=1S/C18H21N5O2/c1-23(2)17(24)14-11(19)4-5-12(22-14)10-8-20-16-13(15(10)25-3)18(6-7-18)9-21-16/h4-5,8H,6-7,9,19H2,1-3H3,(H,20,21). The fraction of sp³-hybridized carbons (Fsp3) is 0.389. The van der Waals surface area contributed by atoms with Crippen LogP contribution in [0, 0.1) is 0 Å². The number of nitrogen functional groups attached to an aromatic ring is 1. The molecule has 0 radical (unpaired) electrons. The molecule has 1 aliphatic carbocycles. The number of amides is 1. The van der Waals surface area contributed by atoms with Gasteiger partial charge in [-0.2, -0.15) is 0 Å². The van der Waals surface area contributed by atoms with E-state index in [1.807, 2.05) is 0 Å². The molecule has 1 spiro atoms. The molecule has 2 aromatic rings. The molecule has 25 heavy (non-hydrogen) atoms. The van der Waals surface area contributed by atoms with Gasteiger partial charge in [0.15, 0.2) is 5.69 Å². The van der Waals surface area contributed by atoms with Gasteiger partial charge in [0.1, 0.15) is 11.6 Å². The molecular weight excluding hydrogens is 318 g/mol. The monoisotopic (exact) mass is 339 g/mol. The van der Waals surface area contributed by atoms with Crippen molar-refractivity contribution in [1.82, 2.24) is 14.9 Å². The zero-order valence-electron chi connectivity index (χ0n) is 14.6. The van der Waals surface area contributed by atoms with Crippen molar-refractivity contribution in [2.75, 3.05) is 38.8 Å². The molecule has 0 atom stereocenters. The molecule has 130 valence electrons. The lowest BCUT2D eigenvalue weighted by atomic mass is 9.96. The number of pyridine rings is 2. The predicted molar refractivity (Wildman–Crippen MR) is 95.9 cm³/mol. The van der Waals surface area contributed by atoms with Gasteiger partial charge in [0.05, 0.1) is 24.1 Å². The third kappa shape index (κ3) is 2.30. The maximum Gasteiger partial charge on any atom is 0.274 e. The lowest BCUT2D eigenvalue weighted by molar-refractivity contribution is 0.0823. The van der Waals surface area contributed by atoms with Gasteiger partial charge in [0.2, 0.25) is 0 Å². The minimum Gasteiger partial charge on any atom is -0.496 e. The van der Waals surface area contributed by atoms with Gasteiger partial charge >= 0.3 is 0 Å². The van der Waals surface area contributed by atoms with Crippen molar-refractivity contribution >= 4 is 17.4 Å². The van der Waals surface area contributed by atoms with Crippen molar-refractivity contribution in [1.29, 1.82) is 0 Å². The first-order valence-corrected chi connectivity index (χ1v) is 8.27. The summed E-state index contributed by atoms with van der Waals surface area (Å²) in [6.45, 7) is 0.897. The van der Waals surface area contributed by atoms with E-state index in [9.17, 15) is 4.79 Å². The number of hydrogen-bond acceptors (Lipinski definition) is 6. The summed E-state index contributed by atoms with van der Waals surface area (Å²) in [7, 11) is 5.02. The van der Waals surface area contributed by atoms with E-state index in [4.69, 9.17) is 10.5 Å². The molecule has 1 amide bonds. The lowest BCUT2D eigenvalue weighted by Crippen LogP contribution is -2.24. The van der Waals surface area contributed by atoms with Gasteiger partial charge in [-0.25, -0.2) is 9.97 Å². The average molecular weight is 339 g/mol. The molecule has 0 unspecified atom stereocenters. The summed E-state index contributed by atoms with van der Waals surface area (Å²) in [5, 5.41) is 3.37. The van der Waals surface area contributed by atoms with E-state index < -0.39 is 0 Å². The van der Waals surface area contributed by atoms with Crippen molar-refractivity contribution in [2.24, 2.45) is 0 Å². The summed E-state index contributed by atoms with van der Waals surface area (Å²) in [5.74, 6) is 1.44. The molecule has 0 saturated heterocycles. The van der Waals surface area contributed by atoms with Crippen molar-refractivity contribution in [3.05, 3.63) is 29.6 Å². The topological polar surface area (TPSA) is 93.4 Å². The Morgan fingerprint density at radius 3 is 2.76 bits per heavy atom. The van der Waals surface area contributed by atoms with E-state index in [0.29, 0.717) is 11.4 Å². The maximum absolute atomic E-state index is 12.3. The van der Waals surface area contributed by atoms with Crippen LogP contribution in [0.1, 0.15) is 28.9 Å². The van der Waals surface area contributed by atoms with E-state index in [1.165, 1.54) is 4.90 Å². The highest BCUT2D eigenvalue weighted by atomic mass is 16.5. The van der Waals surface area contributed by atoms with Crippen LogP contribution in [-0.2, 0) is 5.41 Å². The Labute approximate surface area is 146 Å². The van der Waals surface area contributed by atoms with Crippen molar-refractivity contribution in [2.45, 2.75) is 18.3 Å². The van der Waals surface area contributed by atoms with E-state index in [-0.39, 0.29) is 17.0 Å². The summed E-state index contributed by atoms with van der Waals surface area (Å²) in [4.78, 5) is 22.9. The number of hydrogen-bond donors (Lipinski definition) is 2. The summed E-state index contributed by atoms with van der Waals surface area (Å²) < 4.78 is 5.75. The van der Waals surface area contributed by atoms with Gasteiger partial charge in [-0.05, 0) is 25.0 Å². The molecule has 3 heterocycles. The largest absolute Gasteiger partial charge is 0.496 e. The molecule has 1 fully saturated rings. The Hall–Kier alpha value is -2.83. The molecular formula is C18H21N5O2. The Morgan fingerprint density at radius 1 is 1.36 bits per heavy atom.